The van der Waals surface area contributed by atoms with Crippen molar-refractivity contribution >= 4 is 15.9 Å². The van der Waals surface area contributed by atoms with E-state index in [0.717, 1.165) is 4.47 Å². The molecule has 0 saturated heterocycles. The first-order chi connectivity index (χ1) is 7.24. The van der Waals surface area contributed by atoms with Crippen LogP contribution in [0.25, 0.3) is 0 Å². The fourth-order valence-electron chi connectivity index (χ4n) is 1.05. The van der Waals surface area contributed by atoms with Crippen molar-refractivity contribution in [3.8, 4) is 17.4 Å². The van der Waals surface area contributed by atoms with Gasteiger partial charge < -0.3 is 4.74 Å². The molecule has 2 aromatic rings. The molecule has 1 heterocycles. The monoisotopic (exact) mass is 264 g/mol. The molecule has 3 nitrogen and oxygen atoms in total. The number of rotatable bonds is 2. The zero-order valence-electron chi connectivity index (χ0n) is 7.68. The van der Waals surface area contributed by atoms with Crippen LogP contribution in [-0.4, -0.2) is 4.98 Å². The van der Waals surface area contributed by atoms with Gasteiger partial charge in [0.2, 0.25) is 5.88 Å². The summed E-state index contributed by atoms with van der Waals surface area (Å²) in [6.07, 6.45) is 1.65. The molecule has 1 radical (unpaired) electrons. The van der Waals surface area contributed by atoms with Gasteiger partial charge in [0.25, 0.3) is 0 Å². The summed E-state index contributed by atoms with van der Waals surface area (Å²) < 4.78 is 6.31. The minimum Gasteiger partial charge on any atom is -0.439 e. The van der Waals surface area contributed by atoms with Gasteiger partial charge >= 0.3 is 0 Å². The number of nitrogens with zero attached hydrogens (tertiary/aromatic N) is 1. The van der Waals surface area contributed by atoms with E-state index < -0.39 is 0 Å². The Morgan fingerprint density at radius 2 is 1.80 bits per heavy atom. The Kier molecular flexibility index (Phi) is 2.87. The molecule has 15 heavy (non-hydrogen) atoms. The Hall–Kier alpha value is -1.55. The van der Waals surface area contributed by atoms with Crippen LogP contribution in [0.2, 0.25) is 0 Å². The van der Waals surface area contributed by atoms with Gasteiger partial charge in [0.05, 0.1) is 0 Å². The molecule has 0 aliphatic carbocycles. The van der Waals surface area contributed by atoms with E-state index >= 15 is 0 Å². The predicted octanol–water partition coefficient (Wildman–Crippen LogP) is 3.78. The van der Waals surface area contributed by atoms with Crippen molar-refractivity contribution in [3.05, 3.63) is 47.1 Å². The highest BCUT2D eigenvalue weighted by Gasteiger charge is 1.98. The van der Waals surface area contributed by atoms with Crippen LogP contribution in [0.5, 0.6) is 17.4 Å². The third-order valence-corrected chi connectivity index (χ3v) is 2.22. The number of hydrogen-bond acceptors (Lipinski definition) is 2. The first-order valence-electron chi connectivity index (χ1n) is 4.30. The zero-order chi connectivity index (χ0) is 10.7. The van der Waals surface area contributed by atoms with Crippen LogP contribution in [0, 0.1) is 0 Å². The van der Waals surface area contributed by atoms with E-state index in [1.54, 1.807) is 24.4 Å². The third kappa shape index (κ3) is 2.70. The predicted molar refractivity (Wildman–Crippen MR) is 58.6 cm³/mol. The lowest BCUT2D eigenvalue weighted by Gasteiger charge is -2.03. The molecule has 0 bridgehead atoms. The fraction of sp³-hybridized carbons (Fsp3) is 0. The van der Waals surface area contributed by atoms with Crippen molar-refractivity contribution in [2.45, 2.75) is 0 Å². The summed E-state index contributed by atoms with van der Waals surface area (Å²) in [5.41, 5.74) is 0. The van der Waals surface area contributed by atoms with Crippen molar-refractivity contribution < 1.29 is 9.84 Å². The summed E-state index contributed by atoms with van der Waals surface area (Å²) in [4.78, 5) is 4.05. The highest BCUT2D eigenvalue weighted by molar-refractivity contribution is 9.10. The second-order valence-corrected chi connectivity index (χ2v) is 3.80. The maximum Gasteiger partial charge on any atom is 0.219 e. The van der Waals surface area contributed by atoms with Crippen LogP contribution >= 0.6 is 15.9 Å². The molecule has 1 aromatic heterocycles. The highest BCUT2D eigenvalue weighted by atomic mass is 79.9. The molecular formula is C11H7BrNO2. The zero-order valence-corrected chi connectivity index (χ0v) is 9.27. The summed E-state index contributed by atoms with van der Waals surface area (Å²) in [5.74, 6) is 1.06. The Morgan fingerprint density at radius 1 is 1.07 bits per heavy atom. The summed E-state index contributed by atoms with van der Waals surface area (Å²) in [7, 11) is 0. The Bertz CT molecular complexity index is 396. The van der Waals surface area contributed by atoms with Gasteiger partial charge in [-0.05, 0) is 46.3 Å². The number of hydrogen-bond donors (Lipinski definition) is 0. The minimum absolute atomic E-state index is 0.0360. The van der Waals surface area contributed by atoms with Crippen molar-refractivity contribution in [2.24, 2.45) is 0 Å². The van der Waals surface area contributed by atoms with E-state index in [0.29, 0.717) is 11.6 Å². The summed E-state index contributed by atoms with van der Waals surface area (Å²) >= 11 is 3.28. The van der Waals surface area contributed by atoms with E-state index in [1.165, 1.54) is 12.1 Å². The molecule has 2 rings (SSSR count). The maximum absolute atomic E-state index is 10.8. The maximum atomic E-state index is 10.8. The van der Waals surface area contributed by atoms with Gasteiger partial charge in [-0.25, -0.2) is 4.98 Å². The first-order valence-corrected chi connectivity index (χ1v) is 5.10. The van der Waals surface area contributed by atoms with E-state index in [2.05, 4.69) is 20.9 Å². The first kappa shape index (κ1) is 9.98. The molecule has 0 atom stereocenters. The van der Waals surface area contributed by atoms with Crippen LogP contribution in [0.1, 0.15) is 0 Å². The van der Waals surface area contributed by atoms with Crippen molar-refractivity contribution in [3.63, 3.8) is 0 Å². The molecule has 0 saturated carbocycles. The van der Waals surface area contributed by atoms with Crippen LogP contribution in [0.4, 0.5) is 0 Å². The molecule has 4 heteroatoms. The van der Waals surface area contributed by atoms with Gasteiger partial charge in [0, 0.05) is 16.7 Å². The van der Waals surface area contributed by atoms with Gasteiger partial charge in [-0.1, -0.05) is 0 Å². The molecule has 0 fully saturated rings. The molecule has 0 N–H and O–H groups in total. The Morgan fingerprint density at radius 3 is 2.40 bits per heavy atom. The summed E-state index contributed by atoms with van der Waals surface area (Å²) in [6, 6.07) is 9.72. The van der Waals surface area contributed by atoms with Crippen molar-refractivity contribution in [1.29, 1.82) is 0 Å². The van der Waals surface area contributed by atoms with Gasteiger partial charge in [-0.15, -0.1) is 0 Å². The highest BCUT2D eigenvalue weighted by Crippen LogP contribution is 2.22. The SMILES string of the molecule is [O]c1ccc(Oc2ccc(Br)cn2)cc1. The van der Waals surface area contributed by atoms with Crippen LogP contribution in [0.15, 0.2) is 47.1 Å². The molecule has 0 amide bonds. The Balaban J connectivity index is 2.15. The minimum atomic E-state index is -0.0360. The quantitative estimate of drug-likeness (QED) is 0.829. The lowest BCUT2D eigenvalue weighted by Crippen LogP contribution is -1.86. The van der Waals surface area contributed by atoms with Gasteiger partial charge in [0.1, 0.15) is 5.75 Å². The standard InChI is InChI=1S/C11H7BrNO2/c12-8-1-6-11(13-7-8)15-10-4-2-9(14)3-5-10/h1-7H. The topological polar surface area (TPSA) is 42.0 Å². The lowest BCUT2D eigenvalue weighted by atomic mass is 10.3. The molecule has 0 aliphatic rings. The van der Waals surface area contributed by atoms with E-state index in [1.807, 2.05) is 6.07 Å². The fourth-order valence-corrected chi connectivity index (χ4v) is 1.29. The van der Waals surface area contributed by atoms with E-state index in [-0.39, 0.29) is 5.75 Å². The average molecular weight is 265 g/mol. The number of pyridine rings is 1. The smallest absolute Gasteiger partial charge is 0.219 e. The van der Waals surface area contributed by atoms with Crippen molar-refractivity contribution in [2.75, 3.05) is 0 Å². The van der Waals surface area contributed by atoms with Crippen LogP contribution in [0.3, 0.4) is 0 Å². The van der Waals surface area contributed by atoms with Gasteiger partial charge in [0.15, 0.2) is 5.75 Å². The average Bonchev–Trinajstić information content (AvgIpc) is 2.25. The third-order valence-electron chi connectivity index (χ3n) is 1.75. The van der Waals surface area contributed by atoms with Gasteiger partial charge in [-0.2, -0.15) is 0 Å². The number of halogens is 1. The molecular weight excluding hydrogens is 258 g/mol. The molecule has 0 unspecified atom stereocenters. The summed E-state index contributed by atoms with van der Waals surface area (Å²) in [5, 5.41) is 10.8. The van der Waals surface area contributed by atoms with E-state index in [9.17, 15) is 5.11 Å². The largest absolute Gasteiger partial charge is 0.439 e. The lowest BCUT2D eigenvalue weighted by molar-refractivity contribution is 0.353. The normalized spacial score (nSPS) is 9.93. The number of benzene rings is 1. The number of ether oxygens (including phenoxy) is 1. The molecule has 0 aliphatic heterocycles. The van der Waals surface area contributed by atoms with Crippen LogP contribution < -0.4 is 4.74 Å². The number of aromatic nitrogens is 1. The molecule has 1 aromatic carbocycles. The second kappa shape index (κ2) is 4.31. The summed E-state index contributed by atoms with van der Waals surface area (Å²) in [6.45, 7) is 0. The second-order valence-electron chi connectivity index (χ2n) is 2.89. The Labute approximate surface area is 95.5 Å². The molecule has 0 spiro atoms. The van der Waals surface area contributed by atoms with Gasteiger partial charge in [-0.3, -0.25) is 5.11 Å². The molecule has 75 valence electrons. The van der Waals surface area contributed by atoms with Crippen LogP contribution in [-0.2, 0) is 5.11 Å². The van der Waals surface area contributed by atoms with Crippen molar-refractivity contribution in [1.82, 2.24) is 4.98 Å². The van der Waals surface area contributed by atoms with E-state index in [4.69, 9.17) is 4.74 Å².